The van der Waals surface area contributed by atoms with Crippen molar-refractivity contribution >= 4 is 12.1 Å². The van der Waals surface area contributed by atoms with Crippen LogP contribution in [0, 0.1) is 5.92 Å². The van der Waals surface area contributed by atoms with E-state index in [0.29, 0.717) is 0 Å². The molecule has 0 aliphatic heterocycles. The van der Waals surface area contributed by atoms with E-state index in [0.717, 1.165) is 0 Å². The molecule has 0 aliphatic rings. The summed E-state index contributed by atoms with van der Waals surface area (Å²) in [6.45, 7) is 7.31. The summed E-state index contributed by atoms with van der Waals surface area (Å²) in [5.74, 6) is -1.21. The van der Waals surface area contributed by atoms with Crippen LogP contribution in [0.15, 0.2) is 0 Å². The average Bonchev–Trinajstić information content (AvgIpc) is 2.21. The van der Waals surface area contributed by atoms with Crippen molar-refractivity contribution in [1.82, 2.24) is 4.90 Å². The SMILES string of the molecule is CC(C(CN)CC(=O)O)N(C)C(=O)OC(C)(C)C. The number of carboxylic acids is 1. The van der Waals surface area contributed by atoms with Gasteiger partial charge in [0.05, 0.1) is 6.42 Å². The number of amides is 1. The quantitative estimate of drug-likeness (QED) is 0.777. The lowest BCUT2D eigenvalue weighted by Crippen LogP contribution is -2.45. The fourth-order valence-corrected chi connectivity index (χ4v) is 1.49. The molecule has 6 nitrogen and oxygen atoms in total. The Kier molecular flexibility index (Phi) is 6.11. The van der Waals surface area contributed by atoms with Crippen molar-refractivity contribution in [3.63, 3.8) is 0 Å². The summed E-state index contributed by atoms with van der Waals surface area (Å²) in [6, 6.07) is -0.291. The van der Waals surface area contributed by atoms with E-state index in [1.54, 1.807) is 34.7 Å². The maximum Gasteiger partial charge on any atom is 0.410 e. The van der Waals surface area contributed by atoms with Gasteiger partial charge in [-0.05, 0) is 34.2 Å². The van der Waals surface area contributed by atoms with Crippen LogP contribution in [-0.2, 0) is 9.53 Å². The van der Waals surface area contributed by atoms with Gasteiger partial charge in [-0.3, -0.25) is 4.79 Å². The highest BCUT2D eigenvalue weighted by atomic mass is 16.6. The number of nitrogens with zero attached hydrogens (tertiary/aromatic N) is 1. The molecule has 0 fully saturated rings. The molecule has 0 rings (SSSR count). The Hall–Kier alpha value is -1.30. The van der Waals surface area contributed by atoms with Crippen LogP contribution in [0.4, 0.5) is 4.79 Å². The van der Waals surface area contributed by atoms with Crippen LogP contribution >= 0.6 is 0 Å². The number of nitrogens with two attached hydrogens (primary N) is 1. The zero-order chi connectivity index (χ0) is 14.5. The fraction of sp³-hybridized carbons (Fsp3) is 0.833. The Morgan fingerprint density at radius 3 is 2.22 bits per heavy atom. The zero-order valence-electron chi connectivity index (χ0n) is 11.8. The normalized spacial score (nSPS) is 14.8. The van der Waals surface area contributed by atoms with Crippen LogP contribution < -0.4 is 5.73 Å². The highest BCUT2D eigenvalue weighted by Gasteiger charge is 2.28. The summed E-state index contributed by atoms with van der Waals surface area (Å²) < 4.78 is 5.22. The highest BCUT2D eigenvalue weighted by molar-refractivity contribution is 5.69. The number of rotatable bonds is 5. The molecule has 0 heterocycles. The first-order valence-electron chi connectivity index (χ1n) is 5.96. The van der Waals surface area contributed by atoms with Crippen molar-refractivity contribution in [2.45, 2.75) is 45.8 Å². The summed E-state index contributed by atoms with van der Waals surface area (Å²) in [4.78, 5) is 23.9. The van der Waals surface area contributed by atoms with Crippen LogP contribution in [0.3, 0.4) is 0 Å². The number of carbonyl (C=O) groups is 2. The van der Waals surface area contributed by atoms with E-state index in [4.69, 9.17) is 15.6 Å². The van der Waals surface area contributed by atoms with Crippen LogP contribution in [0.25, 0.3) is 0 Å². The van der Waals surface area contributed by atoms with Crippen LogP contribution in [0.2, 0.25) is 0 Å². The number of hydrogen-bond donors (Lipinski definition) is 2. The molecule has 0 saturated heterocycles. The van der Waals surface area contributed by atoms with Gasteiger partial charge >= 0.3 is 12.1 Å². The lowest BCUT2D eigenvalue weighted by Gasteiger charge is -2.32. The van der Waals surface area contributed by atoms with Gasteiger partial charge in [-0.15, -0.1) is 0 Å². The minimum atomic E-state index is -0.921. The zero-order valence-corrected chi connectivity index (χ0v) is 11.8. The van der Waals surface area contributed by atoms with Gasteiger partial charge in [0.2, 0.25) is 0 Å². The van der Waals surface area contributed by atoms with E-state index in [1.165, 1.54) is 4.90 Å². The lowest BCUT2D eigenvalue weighted by atomic mass is 9.97. The van der Waals surface area contributed by atoms with Gasteiger partial charge in [0.1, 0.15) is 5.60 Å². The third-order valence-corrected chi connectivity index (χ3v) is 2.71. The molecule has 0 aromatic rings. The van der Waals surface area contributed by atoms with E-state index in [9.17, 15) is 9.59 Å². The van der Waals surface area contributed by atoms with Gasteiger partial charge in [0, 0.05) is 19.0 Å². The van der Waals surface area contributed by atoms with Crippen molar-refractivity contribution in [1.29, 1.82) is 0 Å². The third-order valence-electron chi connectivity index (χ3n) is 2.71. The molecule has 3 N–H and O–H groups in total. The third kappa shape index (κ3) is 5.86. The maximum atomic E-state index is 11.8. The summed E-state index contributed by atoms with van der Waals surface area (Å²) in [6.07, 6.45) is -0.538. The van der Waals surface area contributed by atoms with Gasteiger partial charge in [0.25, 0.3) is 0 Å². The molecule has 106 valence electrons. The Bertz CT molecular complexity index is 299. The fourth-order valence-electron chi connectivity index (χ4n) is 1.49. The van der Waals surface area contributed by atoms with Crippen molar-refractivity contribution in [3.05, 3.63) is 0 Å². The molecule has 0 bridgehead atoms. The molecule has 2 atom stereocenters. The van der Waals surface area contributed by atoms with E-state index in [-0.39, 0.29) is 24.9 Å². The molecule has 0 spiro atoms. The monoisotopic (exact) mass is 260 g/mol. The summed E-state index contributed by atoms with van der Waals surface area (Å²) in [7, 11) is 1.59. The Morgan fingerprint density at radius 1 is 1.39 bits per heavy atom. The lowest BCUT2D eigenvalue weighted by molar-refractivity contribution is -0.138. The molecule has 0 aromatic carbocycles. The first-order valence-corrected chi connectivity index (χ1v) is 5.96. The van der Waals surface area contributed by atoms with Gasteiger partial charge in [-0.2, -0.15) is 0 Å². The minimum Gasteiger partial charge on any atom is -0.481 e. The van der Waals surface area contributed by atoms with Gasteiger partial charge in [-0.1, -0.05) is 0 Å². The summed E-state index contributed by atoms with van der Waals surface area (Å²) in [5, 5.41) is 8.78. The topological polar surface area (TPSA) is 92.9 Å². The first-order chi connectivity index (χ1) is 8.08. The minimum absolute atomic E-state index is 0.0647. The second kappa shape index (κ2) is 6.58. The summed E-state index contributed by atoms with van der Waals surface area (Å²) >= 11 is 0. The smallest absolute Gasteiger partial charge is 0.410 e. The molecule has 1 amide bonds. The number of hydrogen-bond acceptors (Lipinski definition) is 4. The van der Waals surface area contributed by atoms with Gasteiger partial charge < -0.3 is 20.5 Å². The summed E-state index contributed by atoms with van der Waals surface area (Å²) in [5.41, 5.74) is 4.97. The van der Waals surface area contributed by atoms with Gasteiger partial charge in [0.15, 0.2) is 0 Å². The standard InChI is InChI=1S/C12H24N2O4/c1-8(9(7-13)6-10(15)16)14(5)11(17)18-12(2,3)4/h8-9H,6-7,13H2,1-5H3,(H,15,16). The highest BCUT2D eigenvalue weighted by Crippen LogP contribution is 2.16. The van der Waals surface area contributed by atoms with Crippen molar-refractivity contribution in [2.75, 3.05) is 13.6 Å². The molecule has 0 radical (unpaired) electrons. The van der Waals surface area contributed by atoms with Crippen LogP contribution in [0.5, 0.6) is 0 Å². The van der Waals surface area contributed by atoms with Crippen molar-refractivity contribution in [3.8, 4) is 0 Å². The second-order valence-electron chi connectivity index (χ2n) is 5.43. The Labute approximate surface area is 108 Å². The molecule has 18 heavy (non-hydrogen) atoms. The van der Waals surface area contributed by atoms with E-state index in [2.05, 4.69) is 0 Å². The van der Waals surface area contributed by atoms with E-state index in [1.807, 2.05) is 0 Å². The number of carboxylic acid groups (broad SMARTS) is 1. The second-order valence-corrected chi connectivity index (χ2v) is 5.43. The number of aliphatic carboxylic acids is 1. The predicted octanol–water partition coefficient (Wildman–Crippen LogP) is 1.29. The molecule has 6 heteroatoms. The van der Waals surface area contributed by atoms with Crippen LogP contribution in [-0.4, -0.2) is 47.3 Å². The molecule has 0 aromatic heterocycles. The molecule has 2 unspecified atom stereocenters. The maximum absolute atomic E-state index is 11.8. The Balaban J connectivity index is 4.60. The van der Waals surface area contributed by atoms with Crippen LogP contribution in [0.1, 0.15) is 34.1 Å². The largest absolute Gasteiger partial charge is 0.481 e. The number of ether oxygens (including phenoxy) is 1. The molecular weight excluding hydrogens is 236 g/mol. The van der Waals surface area contributed by atoms with Crippen molar-refractivity contribution < 1.29 is 19.4 Å². The van der Waals surface area contributed by atoms with E-state index < -0.39 is 17.7 Å². The molecule has 0 saturated carbocycles. The van der Waals surface area contributed by atoms with Gasteiger partial charge in [-0.25, -0.2) is 4.79 Å². The average molecular weight is 260 g/mol. The van der Waals surface area contributed by atoms with Crippen molar-refractivity contribution in [2.24, 2.45) is 11.7 Å². The predicted molar refractivity (Wildman–Crippen MR) is 68.3 cm³/mol. The Morgan fingerprint density at radius 2 is 1.89 bits per heavy atom. The first kappa shape index (κ1) is 16.7. The number of carbonyl (C=O) groups excluding carboxylic acids is 1. The molecule has 0 aliphatic carbocycles. The van der Waals surface area contributed by atoms with E-state index >= 15 is 0 Å². The molecular formula is C12H24N2O4.